The number of aryl methyl sites for hydroxylation is 1. The fourth-order valence-corrected chi connectivity index (χ4v) is 3.78. The Morgan fingerprint density at radius 1 is 1.38 bits per heavy atom. The van der Waals surface area contributed by atoms with Gasteiger partial charge in [-0.05, 0) is 20.3 Å². The second kappa shape index (κ2) is 5.82. The minimum absolute atomic E-state index is 0.0813. The highest BCUT2D eigenvalue weighted by Crippen LogP contribution is 2.13. The first-order valence-electron chi connectivity index (χ1n) is 7.42. The van der Waals surface area contributed by atoms with Crippen LogP contribution < -0.4 is 10.9 Å². The van der Waals surface area contributed by atoms with E-state index in [0.717, 1.165) is 36.8 Å². The molecule has 0 aromatic carbocycles. The molecule has 0 bridgehead atoms. The summed E-state index contributed by atoms with van der Waals surface area (Å²) >= 11 is 1.50. The number of hydrogen-bond donors (Lipinski definition) is 1. The van der Waals surface area contributed by atoms with Crippen LogP contribution in [0.3, 0.4) is 0 Å². The van der Waals surface area contributed by atoms with Crippen LogP contribution in [0.4, 0.5) is 0 Å². The molecule has 0 spiro atoms. The minimum atomic E-state index is -0.0813. The van der Waals surface area contributed by atoms with Gasteiger partial charge in [0, 0.05) is 37.8 Å². The molecule has 114 valence electrons. The largest absolute Gasteiger partial charge is 0.309 e. The van der Waals surface area contributed by atoms with Crippen molar-refractivity contribution in [3.05, 3.63) is 27.1 Å². The van der Waals surface area contributed by atoms with E-state index >= 15 is 0 Å². The van der Waals surface area contributed by atoms with Crippen LogP contribution in [-0.4, -0.2) is 44.7 Å². The fraction of sp³-hybridized carbons (Fsp3) is 0.643. The summed E-state index contributed by atoms with van der Waals surface area (Å²) in [7, 11) is 0. The van der Waals surface area contributed by atoms with Crippen LogP contribution in [0.15, 0.2) is 10.9 Å². The van der Waals surface area contributed by atoms with Crippen molar-refractivity contribution >= 4 is 16.3 Å². The van der Waals surface area contributed by atoms with Gasteiger partial charge in [0.1, 0.15) is 5.01 Å². The van der Waals surface area contributed by atoms with Crippen LogP contribution in [0.2, 0.25) is 0 Å². The van der Waals surface area contributed by atoms with Crippen molar-refractivity contribution in [1.29, 1.82) is 0 Å². The first-order chi connectivity index (χ1) is 10.0. The Morgan fingerprint density at radius 3 is 2.76 bits per heavy atom. The van der Waals surface area contributed by atoms with E-state index < -0.39 is 0 Å². The molecule has 6 nitrogen and oxygen atoms in total. The van der Waals surface area contributed by atoms with Gasteiger partial charge in [0.25, 0.3) is 5.56 Å². The predicted molar refractivity (Wildman–Crippen MR) is 83.8 cm³/mol. The summed E-state index contributed by atoms with van der Waals surface area (Å²) in [4.78, 5) is 19.8. The van der Waals surface area contributed by atoms with Crippen LogP contribution in [-0.2, 0) is 13.0 Å². The van der Waals surface area contributed by atoms with Gasteiger partial charge < -0.3 is 5.32 Å². The number of piperazine rings is 1. The first kappa shape index (κ1) is 14.6. The number of aromatic nitrogens is 3. The van der Waals surface area contributed by atoms with Crippen molar-refractivity contribution in [2.45, 2.75) is 45.8 Å². The van der Waals surface area contributed by atoms with Crippen molar-refractivity contribution in [1.82, 2.24) is 24.8 Å². The number of hydrogen-bond acceptors (Lipinski definition) is 6. The second-order valence-electron chi connectivity index (χ2n) is 5.79. The molecule has 1 aliphatic heterocycles. The van der Waals surface area contributed by atoms with Crippen LogP contribution in [0, 0.1) is 0 Å². The van der Waals surface area contributed by atoms with Gasteiger partial charge >= 0.3 is 0 Å². The van der Waals surface area contributed by atoms with Crippen LogP contribution in [0.5, 0.6) is 0 Å². The van der Waals surface area contributed by atoms with Crippen molar-refractivity contribution in [3.8, 4) is 0 Å². The monoisotopic (exact) mass is 307 g/mol. The Morgan fingerprint density at radius 2 is 2.10 bits per heavy atom. The molecule has 1 fully saturated rings. The van der Waals surface area contributed by atoms with E-state index in [9.17, 15) is 4.79 Å². The third-order valence-electron chi connectivity index (χ3n) is 3.66. The zero-order chi connectivity index (χ0) is 15.0. The van der Waals surface area contributed by atoms with Gasteiger partial charge in [-0.2, -0.15) is 9.61 Å². The maximum absolute atomic E-state index is 12.1. The average Bonchev–Trinajstić information content (AvgIpc) is 2.81. The maximum atomic E-state index is 12.1. The average molecular weight is 307 g/mol. The van der Waals surface area contributed by atoms with Gasteiger partial charge in [-0.1, -0.05) is 18.3 Å². The van der Waals surface area contributed by atoms with E-state index in [2.05, 4.69) is 34.1 Å². The van der Waals surface area contributed by atoms with Gasteiger partial charge in [0.2, 0.25) is 4.96 Å². The lowest BCUT2D eigenvalue weighted by Gasteiger charge is -2.35. The third kappa shape index (κ3) is 3.14. The molecule has 3 heterocycles. The van der Waals surface area contributed by atoms with Gasteiger partial charge in [-0.25, -0.2) is 4.98 Å². The standard InChI is InChI=1S/C14H21N5OS/c1-4-12-17-19-13(20)5-11(16-14(19)21-12)8-18-6-9(2)15-10(3)7-18/h5,9-10,15H,4,6-8H2,1-3H3. The molecule has 0 saturated carbocycles. The summed E-state index contributed by atoms with van der Waals surface area (Å²) in [6.45, 7) is 9.09. The topological polar surface area (TPSA) is 62.5 Å². The number of fused-ring (bicyclic) bond motifs is 1. The highest BCUT2D eigenvalue weighted by Gasteiger charge is 2.21. The summed E-state index contributed by atoms with van der Waals surface area (Å²) in [5.41, 5.74) is 0.759. The Bertz CT molecular complexity index is 684. The quantitative estimate of drug-likeness (QED) is 0.913. The van der Waals surface area contributed by atoms with E-state index in [1.54, 1.807) is 6.07 Å². The Hall–Kier alpha value is -1.31. The Balaban J connectivity index is 1.85. The molecule has 0 radical (unpaired) electrons. The molecular formula is C14H21N5OS. The molecule has 1 aliphatic rings. The molecule has 1 N–H and O–H groups in total. The number of nitrogens with zero attached hydrogens (tertiary/aromatic N) is 4. The summed E-state index contributed by atoms with van der Waals surface area (Å²) in [5.74, 6) is 0. The Kier molecular flexibility index (Phi) is 4.05. The van der Waals surface area contributed by atoms with E-state index in [1.165, 1.54) is 15.9 Å². The van der Waals surface area contributed by atoms with Gasteiger partial charge in [-0.15, -0.1) is 0 Å². The molecule has 1 saturated heterocycles. The van der Waals surface area contributed by atoms with E-state index in [0.29, 0.717) is 17.0 Å². The van der Waals surface area contributed by atoms with Crippen LogP contribution >= 0.6 is 11.3 Å². The minimum Gasteiger partial charge on any atom is -0.309 e. The molecule has 2 unspecified atom stereocenters. The molecule has 0 aliphatic carbocycles. The lowest BCUT2D eigenvalue weighted by Crippen LogP contribution is -2.53. The summed E-state index contributed by atoms with van der Waals surface area (Å²) in [5, 5.41) is 8.74. The van der Waals surface area contributed by atoms with E-state index in [-0.39, 0.29) is 5.56 Å². The number of nitrogens with one attached hydrogen (secondary N) is 1. The predicted octanol–water partition coefficient (Wildman–Crippen LogP) is 0.896. The summed E-state index contributed by atoms with van der Waals surface area (Å²) in [6.07, 6.45) is 0.829. The smallest absolute Gasteiger partial charge is 0.275 e. The summed E-state index contributed by atoms with van der Waals surface area (Å²) in [6, 6.07) is 2.55. The molecular weight excluding hydrogens is 286 g/mol. The van der Waals surface area contributed by atoms with Gasteiger partial charge in [0.05, 0.1) is 5.69 Å². The normalized spacial score (nSPS) is 23.8. The van der Waals surface area contributed by atoms with Crippen molar-refractivity contribution in [2.24, 2.45) is 0 Å². The fourth-order valence-electron chi connectivity index (χ4n) is 2.92. The van der Waals surface area contributed by atoms with Crippen molar-refractivity contribution in [2.75, 3.05) is 13.1 Å². The molecule has 3 rings (SSSR count). The van der Waals surface area contributed by atoms with E-state index in [1.807, 2.05) is 6.92 Å². The SMILES string of the molecule is CCc1nn2c(=O)cc(CN3CC(C)NC(C)C3)nc2s1. The zero-order valence-corrected chi connectivity index (χ0v) is 13.5. The molecule has 21 heavy (non-hydrogen) atoms. The van der Waals surface area contributed by atoms with Crippen LogP contribution in [0.1, 0.15) is 31.5 Å². The van der Waals surface area contributed by atoms with Crippen molar-refractivity contribution < 1.29 is 0 Å². The molecule has 2 aromatic rings. The molecule has 7 heteroatoms. The van der Waals surface area contributed by atoms with Gasteiger partial charge in [0.15, 0.2) is 0 Å². The number of rotatable bonds is 3. The molecule has 0 amide bonds. The highest BCUT2D eigenvalue weighted by atomic mass is 32.1. The van der Waals surface area contributed by atoms with Crippen LogP contribution in [0.25, 0.3) is 4.96 Å². The maximum Gasteiger partial charge on any atom is 0.275 e. The molecule has 2 aromatic heterocycles. The second-order valence-corrected chi connectivity index (χ2v) is 6.83. The first-order valence-corrected chi connectivity index (χ1v) is 8.24. The van der Waals surface area contributed by atoms with Crippen molar-refractivity contribution in [3.63, 3.8) is 0 Å². The lowest BCUT2D eigenvalue weighted by molar-refractivity contribution is 0.165. The van der Waals surface area contributed by atoms with Gasteiger partial charge in [-0.3, -0.25) is 9.69 Å². The molecule has 2 atom stereocenters. The highest BCUT2D eigenvalue weighted by molar-refractivity contribution is 7.16. The Labute approximate surface area is 127 Å². The zero-order valence-electron chi connectivity index (χ0n) is 12.7. The summed E-state index contributed by atoms with van der Waals surface area (Å²) < 4.78 is 1.41. The lowest BCUT2D eigenvalue weighted by atomic mass is 10.1. The van der Waals surface area contributed by atoms with E-state index in [4.69, 9.17) is 0 Å². The third-order valence-corrected chi connectivity index (χ3v) is 4.71.